The number of aryl methyl sites for hydroxylation is 2. The molecule has 2 unspecified atom stereocenters. The maximum atomic E-state index is 6.72. The molecule has 2 aromatic carbocycles. The van der Waals surface area contributed by atoms with Gasteiger partial charge in [0.1, 0.15) is 0 Å². The quantitative estimate of drug-likeness (QED) is 0.140. The largest absolute Gasteiger partial charge is 0.437 e. The van der Waals surface area contributed by atoms with E-state index in [0.717, 1.165) is 52.7 Å². The molecule has 0 fully saturated rings. The molecule has 248 valence electrons. The van der Waals surface area contributed by atoms with E-state index in [9.17, 15) is 0 Å². The normalized spacial score (nSPS) is 17.6. The van der Waals surface area contributed by atoms with E-state index in [4.69, 9.17) is 16.0 Å². The van der Waals surface area contributed by atoms with Crippen LogP contribution < -0.4 is 14.3 Å². The van der Waals surface area contributed by atoms with Crippen LogP contribution in [0.4, 0.5) is 0 Å². The number of pyridine rings is 3. The van der Waals surface area contributed by atoms with Gasteiger partial charge < -0.3 is 4.42 Å². The molecule has 6 heterocycles. The SMILES string of the molecule is C=C1CC2C(CCc3ccc4c(oc5nc(C)ccc54)c3-c3cc(C(C)C)cc[n+]31)c1ccccc1-c1cc(C(C)C)c([Si](C)(C)C)c[n+]12. The Morgan fingerprint density at radius 1 is 0.898 bits per heavy atom. The van der Waals surface area contributed by atoms with Crippen LogP contribution in [0.3, 0.4) is 0 Å². The maximum Gasteiger partial charge on any atom is 0.227 e. The smallest absolute Gasteiger partial charge is 0.227 e. The lowest BCUT2D eigenvalue weighted by molar-refractivity contribution is -0.719. The lowest BCUT2D eigenvalue weighted by atomic mass is 9.77. The number of fused-ring (bicyclic) bond motifs is 13. The lowest BCUT2D eigenvalue weighted by Crippen LogP contribution is -2.54. The Bertz CT molecular complexity index is 2300. The van der Waals surface area contributed by atoms with Gasteiger partial charge in [-0.2, -0.15) is 9.13 Å². The van der Waals surface area contributed by atoms with Crippen LogP contribution >= 0.6 is 0 Å². The minimum absolute atomic E-state index is 0.252. The number of benzene rings is 2. The van der Waals surface area contributed by atoms with Crippen LogP contribution in [-0.4, -0.2) is 13.1 Å². The Hall–Kier alpha value is -4.35. The van der Waals surface area contributed by atoms with Crippen molar-refractivity contribution in [2.45, 2.75) is 97.3 Å². The van der Waals surface area contributed by atoms with Gasteiger partial charge in [0.2, 0.25) is 17.1 Å². The van der Waals surface area contributed by atoms with Crippen LogP contribution in [0.25, 0.3) is 50.3 Å². The second-order valence-corrected chi connectivity index (χ2v) is 21.2. The Morgan fingerprint density at radius 2 is 1.67 bits per heavy atom. The first-order valence-electron chi connectivity index (χ1n) is 18.2. The summed E-state index contributed by atoms with van der Waals surface area (Å²) in [7, 11) is -1.64. The van der Waals surface area contributed by atoms with Crippen molar-refractivity contribution in [2.75, 3.05) is 0 Å². The fourth-order valence-electron chi connectivity index (χ4n) is 8.56. The van der Waals surface area contributed by atoms with E-state index in [1.807, 2.05) is 6.92 Å². The minimum Gasteiger partial charge on any atom is -0.437 e. The van der Waals surface area contributed by atoms with Crippen LogP contribution in [0.2, 0.25) is 19.6 Å². The first kappa shape index (κ1) is 31.9. The van der Waals surface area contributed by atoms with E-state index in [1.165, 1.54) is 39.1 Å². The molecule has 4 aromatic heterocycles. The molecular formula is C44H49N3OSi+2. The molecule has 0 saturated heterocycles. The molecule has 0 spiro atoms. The molecule has 0 amide bonds. The van der Waals surface area contributed by atoms with Crippen LogP contribution in [0.5, 0.6) is 0 Å². The van der Waals surface area contributed by atoms with Crippen molar-refractivity contribution >= 4 is 41.0 Å². The van der Waals surface area contributed by atoms with Crippen LogP contribution in [0.15, 0.2) is 90.1 Å². The molecule has 8 rings (SSSR count). The first-order chi connectivity index (χ1) is 23.4. The van der Waals surface area contributed by atoms with Crippen LogP contribution in [0, 0.1) is 6.92 Å². The number of furan rings is 1. The molecule has 6 aromatic rings. The lowest BCUT2D eigenvalue weighted by Gasteiger charge is -2.33. The fraction of sp³-hybridized carbons (Fsp3) is 0.341. The van der Waals surface area contributed by atoms with Gasteiger partial charge in [0.05, 0.1) is 20.1 Å². The molecule has 5 heteroatoms. The highest BCUT2D eigenvalue weighted by molar-refractivity contribution is 6.89. The van der Waals surface area contributed by atoms with E-state index >= 15 is 0 Å². The number of hydrogen-bond acceptors (Lipinski definition) is 2. The highest BCUT2D eigenvalue weighted by Gasteiger charge is 2.44. The Morgan fingerprint density at radius 3 is 2.43 bits per heavy atom. The summed E-state index contributed by atoms with van der Waals surface area (Å²) in [5.41, 5.74) is 14.4. The van der Waals surface area contributed by atoms with Crippen molar-refractivity contribution in [3.8, 4) is 22.5 Å². The van der Waals surface area contributed by atoms with E-state index in [-0.39, 0.29) is 6.04 Å². The zero-order chi connectivity index (χ0) is 34.4. The van der Waals surface area contributed by atoms with Gasteiger partial charge in [0, 0.05) is 51.3 Å². The van der Waals surface area contributed by atoms with E-state index in [1.54, 1.807) is 5.19 Å². The van der Waals surface area contributed by atoms with Crippen molar-refractivity contribution in [2.24, 2.45) is 0 Å². The molecule has 4 nitrogen and oxygen atoms in total. The summed E-state index contributed by atoms with van der Waals surface area (Å²) in [6, 6.07) is 25.5. The average molecular weight is 664 g/mol. The van der Waals surface area contributed by atoms with Crippen LogP contribution in [0.1, 0.15) is 92.3 Å². The second-order valence-electron chi connectivity index (χ2n) is 16.2. The molecule has 0 aliphatic carbocycles. The van der Waals surface area contributed by atoms with Crippen molar-refractivity contribution in [1.29, 1.82) is 0 Å². The zero-order valence-corrected chi connectivity index (χ0v) is 31.4. The molecule has 0 radical (unpaired) electrons. The van der Waals surface area contributed by atoms with Gasteiger partial charge in [-0.05, 0) is 78.6 Å². The number of rotatable bonds is 3. The van der Waals surface area contributed by atoms with Gasteiger partial charge in [0.25, 0.3) is 0 Å². The Labute approximate surface area is 292 Å². The van der Waals surface area contributed by atoms with E-state index in [2.05, 4.69) is 136 Å². The molecule has 0 N–H and O–H groups in total. The fourth-order valence-corrected chi connectivity index (χ4v) is 10.3. The second kappa shape index (κ2) is 11.6. The minimum atomic E-state index is -1.64. The third kappa shape index (κ3) is 5.20. The van der Waals surface area contributed by atoms with E-state index < -0.39 is 8.07 Å². The summed E-state index contributed by atoms with van der Waals surface area (Å²) in [5.74, 6) is 1.21. The third-order valence-electron chi connectivity index (χ3n) is 11.2. The molecule has 49 heavy (non-hydrogen) atoms. The van der Waals surface area contributed by atoms with Gasteiger partial charge >= 0.3 is 0 Å². The third-order valence-corrected chi connectivity index (χ3v) is 13.2. The van der Waals surface area contributed by atoms with Gasteiger partial charge in [0.15, 0.2) is 29.7 Å². The summed E-state index contributed by atoms with van der Waals surface area (Å²) in [4.78, 5) is 4.80. The Kier molecular flexibility index (Phi) is 7.56. The van der Waals surface area contributed by atoms with Crippen molar-refractivity contribution < 1.29 is 13.6 Å². The summed E-state index contributed by atoms with van der Waals surface area (Å²) in [6.45, 7) is 23.6. The van der Waals surface area contributed by atoms with Crippen molar-refractivity contribution in [1.82, 2.24) is 4.98 Å². The summed E-state index contributed by atoms with van der Waals surface area (Å²) in [6.07, 6.45) is 7.67. The molecule has 0 bridgehead atoms. The summed E-state index contributed by atoms with van der Waals surface area (Å²) in [5, 5.41) is 3.76. The van der Waals surface area contributed by atoms with Gasteiger partial charge in [-0.25, -0.2) is 4.98 Å². The first-order valence-corrected chi connectivity index (χ1v) is 21.7. The van der Waals surface area contributed by atoms with Gasteiger partial charge in [-0.15, -0.1) is 0 Å². The van der Waals surface area contributed by atoms with Crippen molar-refractivity contribution in [3.05, 3.63) is 114 Å². The number of nitrogens with zero attached hydrogens (tertiary/aromatic N) is 3. The number of aromatic nitrogens is 3. The molecule has 0 saturated carbocycles. The van der Waals surface area contributed by atoms with Crippen molar-refractivity contribution in [3.63, 3.8) is 0 Å². The monoisotopic (exact) mass is 663 g/mol. The summed E-state index contributed by atoms with van der Waals surface area (Å²) >= 11 is 0. The summed E-state index contributed by atoms with van der Waals surface area (Å²) < 4.78 is 11.8. The predicted molar refractivity (Wildman–Crippen MR) is 205 cm³/mol. The molecule has 2 aliphatic heterocycles. The molecular weight excluding hydrogens is 615 g/mol. The van der Waals surface area contributed by atoms with Gasteiger partial charge in [-0.1, -0.05) is 77.7 Å². The highest BCUT2D eigenvalue weighted by atomic mass is 28.3. The predicted octanol–water partition coefficient (Wildman–Crippen LogP) is 10.1. The topological polar surface area (TPSA) is 33.8 Å². The zero-order valence-electron chi connectivity index (χ0n) is 30.4. The number of hydrogen-bond donors (Lipinski definition) is 0. The molecule has 2 atom stereocenters. The highest BCUT2D eigenvalue weighted by Crippen LogP contribution is 2.46. The van der Waals surface area contributed by atoms with E-state index in [0.29, 0.717) is 23.5 Å². The van der Waals surface area contributed by atoms with Gasteiger partial charge in [-0.3, -0.25) is 0 Å². The maximum absolute atomic E-state index is 6.72. The molecule has 2 aliphatic rings. The van der Waals surface area contributed by atoms with Crippen LogP contribution in [-0.2, 0) is 6.42 Å². The Balaban J connectivity index is 1.39. The average Bonchev–Trinajstić information content (AvgIpc) is 3.43. The number of allylic oxidation sites excluding steroid dienone is 1. The standard InChI is InChI=1S/C44H49N3OSi/c1-26(2)31-20-21-46-29(6)22-38-34(32-12-10-11-13-33(32)39-24-37(27(3)4)41(25-47(38)39)49(7,8)9)18-15-30-16-19-35-36-17-14-28(5)45-44(36)48-43(35)42(30)40(46)23-31/h10-14,16-17,19-21,23-27,34,38H,6,15,18,22H2,1-5,7-9H3/q+2.